The molecule has 3 aromatic rings. The molecule has 0 radical (unpaired) electrons. The summed E-state index contributed by atoms with van der Waals surface area (Å²) < 4.78 is 46.9. The standard InChI is InChI=1S/C41H58INO5SSi/c1-11-50(12-2,13-3)48-38(31(6)26-30(5)27-42)34(9)41(44)47-39(37-22-18-15-19-23-37)35(10)43(28-36-20-16-14-17-21-36)49(45,46)40-32(7)24-29(4)25-33(40)8/h14-25,27,31,34-35,38-39H,11-13,26,28H2,1-10H3/b30-27+/t31-,34-,35+,38-,39+/m0/s1. The van der Waals surface area contributed by atoms with Crippen LogP contribution in [0.3, 0.4) is 0 Å². The Morgan fingerprint density at radius 1 is 0.880 bits per heavy atom. The molecule has 274 valence electrons. The lowest BCUT2D eigenvalue weighted by atomic mass is 9.89. The molecule has 0 unspecified atom stereocenters. The SMILES string of the molecule is CC[Si](CC)(CC)O[C@H]([C@H](C)C(=O)O[C@@H](c1ccccc1)[C@@H](C)N(Cc1ccccc1)S(=O)(=O)c1c(C)cc(C)cc1C)[C@@H](C)C/C(C)=C/I. The molecule has 0 amide bonds. The Kier molecular flexibility index (Phi) is 16.0. The lowest BCUT2D eigenvalue weighted by Crippen LogP contribution is -2.47. The average Bonchev–Trinajstić information content (AvgIpc) is 3.09. The van der Waals surface area contributed by atoms with Crippen LogP contribution in [-0.2, 0) is 30.5 Å². The second-order valence-electron chi connectivity index (χ2n) is 14.0. The Bertz CT molecular complexity index is 1650. The third-order valence-corrected chi connectivity index (χ3v) is 18.1. The number of hydrogen-bond donors (Lipinski definition) is 0. The van der Waals surface area contributed by atoms with Gasteiger partial charge in [-0.15, -0.1) is 0 Å². The van der Waals surface area contributed by atoms with E-state index in [0.29, 0.717) is 16.0 Å². The molecular formula is C41H58INO5SSi. The lowest BCUT2D eigenvalue weighted by molar-refractivity contribution is -0.161. The van der Waals surface area contributed by atoms with Gasteiger partial charge in [-0.05, 0) is 98.3 Å². The van der Waals surface area contributed by atoms with Crippen molar-refractivity contribution in [2.24, 2.45) is 11.8 Å². The van der Waals surface area contributed by atoms with Gasteiger partial charge in [0.2, 0.25) is 10.0 Å². The monoisotopic (exact) mass is 831 g/mol. The quantitative estimate of drug-likeness (QED) is 0.0725. The van der Waals surface area contributed by atoms with Gasteiger partial charge in [0.25, 0.3) is 0 Å². The molecule has 0 saturated heterocycles. The summed E-state index contributed by atoms with van der Waals surface area (Å²) in [6.07, 6.45) is -0.397. The zero-order valence-electron chi connectivity index (χ0n) is 31.7. The number of halogens is 1. The summed E-state index contributed by atoms with van der Waals surface area (Å²) in [7, 11) is -6.14. The number of esters is 1. The van der Waals surface area contributed by atoms with E-state index in [9.17, 15) is 13.2 Å². The Morgan fingerprint density at radius 2 is 1.40 bits per heavy atom. The van der Waals surface area contributed by atoms with E-state index in [4.69, 9.17) is 9.16 Å². The van der Waals surface area contributed by atoms with E-state index < -0.39 is 36.4 Å². The van der Waals surface area contributed by atoms with Gasteiger partial charge in [0, 0.05) is 6.54 Å². The number of carbonyl (C=O) groups is 1. The number of sulfonamides is 1. The fourth-order valence-electron chi connectivity index (χ4n) is 7.18. The van der Waals surface area contributed by atoms with Crippen LogP contribution in [0.1, 0.15) is 88.8 Å². The highest BCUT2D eigenvalue weighted by Gasteiger charge is 2.42. The van der Waals surface area contributed by atoms with Crippen molar-refractivity contribution < 1.29 is 22.4 Å². The molecular weight excluding hydrogens is 774 g/mol. The molecule has 0 saturated carbocycles. The van der Waals surface area contributed by atoms with E-state index in [-0.39, 0.29) is 24.5 Å². The summed E-state index contributed by atoms with van der Waals surface area (Å²) >= 11 is 2.27. The van der Waals surface area contributed by atoms with Crippen molar-refractivity contribution in [3.63, 3.8) is 0 Å². The molecule has 0 N–H and O–H groups in total. The van der Waals surface area contributed by atoms with Crippen LogP contribution in [-0.4, -0.2) is 39.2 Å². The molecule has 0 spiro atoms. The lowest BCUT2D eigenvalue weighted by Gasteiger charge is -2.39. The Labute approximate surface area is 317 Å². The summed E-state index contributed by atoms with van der Waals surface area (Å²) in [6, 6.07) is 25.1. The van der Waals surface area contributed by atoms with Crippen LogP contribution >= 0.6 is 22.6 Å². The molecule has 3 rings (SSSR count). The number of aryl methyl sites for hydroxylation is 3. The van der Waals surface area contributed by atoms with Crippen LogP contribution in [0.25, 0.3) is 0 Å². The van der Waals surface area contributed by atoms with Gasteiger partial charge in [-0.1, -0.05) is 134 Å². The van der Waals surface area contributed by atoms with Gasteiger partial charge in [0.05, 0.1) is 23.0 Å². The van der Waals surface area contributed by atoms with E-state index in [1.807, 2.05) is 107 Å². The van der Waals surface area contributed by atoms with Crippen molar-refractivity contribution in [2.75, 3.05) is 0 Å². The highest BCUT2D eigenvalue weighted by Crippen LogP contribution is 2.36. The molecule has 6 nitrogen and oxygen atoms in total. The van der Waals surface area contributed by atoms with Gasteiger partial charge in [-0.25, -0.2) is 8.42 Å². The van der Waals surface area contributed by atoms with Crippen molar-refractivity contribution >= 4 is 46.9 Å². The zero-order valence-corrected chi connectivity index (χ0v) is 35.7. The Balaban J connectivity index is 2.13. The fraction of sp³-hybridized carbons (Fsp3) is 0.488. The normalized spacial score (nSPS) is 15.7. The number of rotatable bonds is 18. The average molecular weight is 832 g/mol. The van der Waals surface area contributed by atoms with E-state index in [0.717, 1.165) is 41.2 Å². The third-order valence-electron chi connectivity index (χ3n) is 10.2. The number of nitrogens with zero attached hydrogens (tertiary/aromatic N) is 1. The first-order valence-electron chi connectivity index (χ1n) is 18.0. The van der Waals surface area contributed by atoms with Gasteiger partial charge in [-0.3, -0.25) is 4.79 Å². The summed E-state index contributed by atoms with van der Waals surface area (Å²) in [5, 5.41) is 0. The first kappa shape index (κ1) is 42.1. The van der Waals surface area contributed by atoms with Crippen molar-refractivity contribution in [1.82, 2.24) is 4.31 Å². The minimum atomic E-state index is -4.05. The zero-order chi connectivity index (χ0) is 37.2. The van der Waals surface area contributed by atoms with Crippen LogP contribution < -0.4 is 0 Å². The smallest absolute Gasteiger partial charge is 0.311 e. The first-order valence-corrected chi connectivity index (χ1v) is 23.2. The highest BCUT2D eigenvalue weighted by molar-refractivity contribution is 14.1. The maximum Gasteiger partial charge on any atom is 0.311 e. The first-order chi connectivity index (χ1) is 23.6. The van der Waals surface area contributed by atoms with Crippen LogP contribution in [0.4, 0.5) is 0 Å². The number of hydrogen-bond acceptors (Lipinski definition) is 5. The molecule has 0 aromatic heterocycles. The van der Waals surface area contributed by atoms with Gasteiger partial charge in [0.1, 0.15) is 6.10 Å². The summed E-state index contributed by atoms with van der Waals surface area (Å²) in [6.45, 7) is 20.4. The highest BCUT2D eigenvalue weighted by atomic mass is 127. The van der Waals surface area contributed by atoms with Crippen LogP contribution in [0.2, 0.25) is 18.1 Å². The topological polar surface area (TPSA) is 72.9 Å². The molecule has 50 heavy (non-hydrogen) atoms. The molecule has 0 heterocycles. The summed E-state index contributed by atoms with van der Waals surface area (Å²) in [4.78, 5) is 14.7. The van der Waals surface area contributed by atoms with Gasteiger partial charge < -0.3 is 9.16 Å². The minimum Gasteiger partial charge on any atom is -0.455 e. The molecule has 9 heteroatoms. The van der Waals surface area contributed by atoms with Crippen LogP contribution in [0.5, 0.6) is 0 Å². The second-order valence-corrected chi connectivity index (χ2v) is 21.2. The second kappa shape index (κ2) is 19.0. The maximum atomic E-state index is 14.8. The van der Waals surface area contributed by atoms with Crippen molar-refractivity contribution in [3.05, 3.63) is 110 Å². The molecule has 5 atom stereocenters. The summed E-state index contributed by atoms with van der Waals surface area (Å²) in [5.41, 5.74) is 5.20. The Morgan fingerprint density at radius 3 is 1.90 bits per heavy atom. The summed E-state index contributed by atoms with van der Waals surface area (Å²) in [5.74, 6) is -0.873. The maximum absolute atomic E-state index is 14.8. The number of ether oxygens (including phenoxy) is 1. The van der Waals surface area contributed by atoms with E-state index in [2.05, 4.69) is 61.3 Å². The minimum absolute atomic E-state index is 0.0788. The van der Waals surface area contributed by atoms with Crippen molar-refractivity contribution in [2.45, 2.75) is 123 Å². The third kappa shape index (κ3) is 10.4. The van der Waals surface area contributed by atoms with E-state index in [1.54, 1.807) is 0 Å². The van der Waals surface area contributed by atoms with Crippen molar-refractivity contribution in [3.8, 4) is 0 Å². The molecule has 0 aliphatic rings. The molecule has 0 fully saturated rings. The molecule has 0 aliphatic carbocycles. The number of benzene rings is 3. The fourth-order valence-corrected chi connectivity index (χ4v) is 12.5. The van der Waals surface area contributed by atoms with Gasteiger partial charge in [-0.2, -0.15) is 4.31 Å². The number of allylic oxidation sites excluding steroid dienone is 1. The predicted molar refractivity (Wildman–Crippen MR) is 217 cm³/mol. The predicted octanol–water partition coefficient (Wildman–Crippen LogP) is 10.9. The van der Waals surface area contributed by atoms with E-state index >= 15 is 0 Å². The Hall–Kier alpha value is -2.31. The van der Waals surface area contributed by atoms with E-state index in [1.165, 1.54) is 9.88 Å². The van der Waals surface area contributed by atoms with Crippen LogP contribution in [0.15, 0.2) is 87.3 Å². The molecule has 0 aliphatic heterocycles. The van der Waals surface area contributed by atoms with Gasteiger partial charge in [0.15, 0.2) is 8.32 Å². The molecule has 3 aromatic carbocycles. The van der Waals surface area contributed by atoms with Gasteiger partial charge >= 0.3 is 5.97 Å². The number of carbonyl (C=O) groups excluding carboxylic acids is 1. The van der Waals surface area contributed by atoms with Crippen LogP contribution in [0, 0.1) is 32.6 Å². The largest absolute Gasteiger partial charge is 0.455 e. The van der Waals surface area contributed by atoms with Crippen molar-refractivity contribution in [1.29, 1.82) is 0 Å². The molecule has 0 bridgehead atoms.